The Labute approximate surface area is 185 Å². The van der Waals surface area contributed by atoms with Gasteiger partial charge in [-0.2, -0.15) is 0 Å². The maximum absolute atomic E-state index is 13.7. The summed E-state index contributed by atoms with van der Waals surface area (Å²) in [5, 5.41) is 12.7. The summed E-state index contributed by atoms with van der Waals surface area (Å²) in [5.41, 5.74) is 1.62. The first kappa shape index (κ1) is 21.8. The van der Waals surface area contributed by atoms with Crippen molar-refractivity contribution in [3.8, 4) is 0 Å². The zero-order chi connectivity index (χ0) is 21.8. The molecule has 1 heterocycles. The topological polar surface area (TPSA) is 60.9 Å². The summed E-state index contributed by atoms with van der Waals surface area (Å²) < 4.78 is 28.7. The minimum absolute atomic E-state index is 0.0225. The Morgan fingerprint density at radius 3 is 2.32 bits per heavy atom. The van der Waals surface area contributed by atoms with E-state index in [1.165, 1.54) is 10.7 Å². The van der Waals surface area contributed by atoms with Crippen LogP contribution < -0.4 is 4.31 Å². The Kier molecular flexibility index (Phi) is 6.60. The molecule has 0 radical (unpaired) electrons. The van der Waals surface area contributed by atoms with Crippen LogP contribution in [0.25, 0.3) is 10.8 Å². The number of hydrogen-bond acceptors (Lipinski definition) is 4. The van der Waals surface area contributed by atoms with Crippen LogP contribution in [0.5, 0.6) is 0 Å². The Hall–Kier alpha value is -2.41. The van der Waals surface area contributed by atoms with Gasteiger partial charge in [-0.1, -0.05) is 54.4 Å². The maximum Gasteiger partial charge on any atom is 0.264 e. The second-order valence-electron chi connectivity index (χ2n) is 8.40. The molecule has 5 nitrogen and oxygen atoms in total. The van der Waals surface area contributed by atoms with Gasteiger partial charge in [-0.15, -0.1) is 0 Å². The Morgan fingerprint density at radius 1 is 0.935 bits per heavy atom. The van der Waals surface area contributed by atoms with Crippen molar-refractivity contribution >= 4 is 26.5 Å². The van der Waals surface area contributed by atoms with Crippen molar-refractivity contribution in [2.45, 2.75) is 37.2 Å². The van der Waals surface area contributed by atoms with E-state index in [0.717, 1.165) is 42.3 Å². The summed E-state index contributed by atoms with van der Waals surface area (Å²) in [7, 11) is -3.84. The number of sulfonamides is 1. The fourth-order valence-electron chi connectivity index (χ4n) is 4.20. The van der Waals surface area contributed by atoms with E-state index >= 15 is 0 Å². The van der Waals surface area contributed by atoms with Crippen LogP contribution in [-0.4, -0.2) is 50.7 Å². The Balaban J connectivity index is 1.65. The molecule has 1 unspecified atom stereocenters. The molecule has 1 N–H and O–H groups in total. The molecule has 31 heavy (non-hydrogen) atoms. The van der Waals surface area contributed by atoms with Crippen molar-refractivity contribution < 1.29 is 13.5 Å². The van der Waals surface area contributed by atoms with Crippen molar-refractivity contribution in [1.82, 2.24) is 4.90 Å². The summed E-state index contributed by atoms with van der Waals surface area (Å²) in [6.07, 6.45) is 2.71. The van der Waals surface area contributed by atoms with Crippen LogP contribution in [0.15, 0.2) is 71.6 Å². The van der Waals surface area contributed by atoms with E-state index < -0.39 is 16.1 Å². The number of fused-ring (bicyclic) bond motifs is 1. The summed E-state index contributed by atoms with van der Waals surface area (Å²) in [4.78, 5) is 2.46. The molecule has 1 aliphatic rings. The third-order valence-electron chi connectivity index (χ3n) is 5.93. The fraction of sp³-hybridized carbons (Fsp3) is 0.360. The molecule has 1 saturated heterocycles. The van der Waals surface area contributed by atoms with Crippen LogP contribution in [0.4, 0.5) is 5.69 Å². The molecular formula is C25H30N2O3S. The summed E-state index contributed by atoms with van der Waals surface area (Å²) in [6.45, 7) is 4.39. The molecule has 0 aliphatic carbocycles. The van der Waals surface area contributed by atoms with E-state index in [9.17, 15) is 13.5 Å². The Bertz CT molecular complexity index is 1120. The molecule has 164 valence electrons. The number of aliphatic hydroxyl groups is 1. The fourth-order valence-corrected chi connectivity index (χ4v) is 5.74. The standard InChI is InChI=1S/C25H30N2O3S/c1-20-9-12-23(13-10-20)27(19-24(28)18-26-15-5-2-6-16-26)31(29,30)25-14-11-21-7-3-4-8-22(21)17-25/h3-4,7-14,17,24,28H,2,5-6,15-16,18-19H2,1H3. The van der Waals surface area contributed by atoms with Crippen molar-refractivity contribution in [3.63, 3.8) is 0 Å². The number of anilines is 1. The van der Waals surface area contributed by atoms with Crippen LogP contribution in [0.1, 0.15) is 24.8 Å². The van der Waals surface area contributed by atoms with E-state index in [2.05, 4.69) is 4.90 Å². The monoisotopic (exact) mass is 438 g/mol. The molecule has 4 rings (SSSR count). The third kappa shape index (κ3) is 5.09. The first-order valence-electron chi connectivity index (χ1n) is 10.9. The molecule has 6 heteroatoms. The van der Waals surface area contributed by atoms with Crippen molar-refractivity contribution in [2.75, 3.05) is 30.5 Å². The zero-order valence-electron chi connectivity index (χ0n) is 17.9. The van der Waals surface area contributed by atoms with Crippen LogP contribution >= 0.6 is 0 Å². The van der Waals surface area contributed by atoms with Gasteiger partial charge in [0, 0.05) is 6.54 Å². The lowest BCUT2D eigenvalue weighted by Crippen LogP contribution is -2.44. The van der Waals surface area contributed by atoms with E-state index in [-0.39, 0.29) is 11.4 Å². The lowest BCUT2D eigenvalue weighted by molar-refractivity contribution is 0.107. The van der Waals surface area contributed by atoms with Gasteiger partial charge < -0.3 is 10.0 Å². The molecule has 1 fully saturated rings. The van der Waals surface area contributed by atoms with Gasteiger partial charge >= 0.3 is 0 Å². The smallest absolute Gasteiger partial charge is 0.264 e. The average molecular weight is 439 g/mol. The molecule has 0 amide bonds. The zero-order valence-corrected chi connectivity index (χ0v) is 18.8. The van der Waals surface area contributed by atoms with Gasteiger partial charge in [0.25, 0.3) is 10.0 Å². The minimum atomic E-state index is -3.84. The number of likely N-dealkylation sites (tertiary alicyclic amines) is 1. The van der Waals surface area contributed by atoms with Gasteiger partial charge in [-0.25, -0.2) is 8.42 Å². The number of aryl methyl sites for hydroxylation is 1. The Morgan fingerprint density at radius 2 is 1.61 bits per heavy atom. The molecule has 3 aromatic rings. The van der Waals surface area contributed by atoms with Gasteiger partial charge in [-0.3, -0.25) is 4.31 Å². The predicted molar refractivity (Wildman–Crippen MR) is 126 cm³/mol. The summed E-state index contributed by atoms with van der Waals surface area (Å²) >= 11 is 0. The maximum atomic E-state index is 13.7. The third-order valence-corrected chi connectivity index (χ3v) is 7.71. The van der Waals surface area contributed by atoms with Gasteiger partial charge in [0.2, 0.25) is 0 Å². The number of aliphatic hydroxyl groups excluding tert-OH is 1. The van der Waals surface area contributed by atoms with E-state index in [4.69, 9.17) is 0 Å². The van der Waals surface area contributed by atoms with Crippen LogP contribution in [0.2, 0.25) is 0 Å². The van der Waals surface area contributed by atoms with Crippen LogP contribution in [0, 0.1) is 6.92 Å². The van der Waals surface area contributed by atoms with Gasteiger partial charge in [0.1, 0.15) is 0 Å². The van der Waals surface area contributed by atoms with E-state index in [1.54, 1.807) is 12.1 Å². The second-order valence-corrected chi connectivity index (χ2v) is 10.3. The molecule has 1 aliphatic heterocycles. The minimum Gasteiger partial charge on any atom is -0.390 e. The number of nitrogens with zero attached hydrogens (tertiary/aromatic N) is 2. The number of hydrogen-bond donors (Lipinski definition) is 1. The highest BCUT2D eigenvalue weighted by Gasteiger charge is 2.28. The van der Waals surface area contributed by atoms with Crippen LogP contribution in [0.3, 0.4) is 0 Å². The molecule has 0 aromatic heterocycles. The molecule has 0 spiro atoms. The first-order chi connectivity index (χ1) is 14.9. The van der Waals surface area contributed by atoms with Gasteiger partial charge in [0.15, 0.2) is 0 Å². The SMILES string of the molecule is Cc1ccc(N(CC(O)CN2CCCCC2)S(=O)(=O)c2ccc3ccccc3c2)cc1. The van der Waals surface area contributed by atoms with E-state index in [0.29, 0.717) is 12.2 Å². The molecule has 0 saturated carbocycles. The normalized spacial score (nSPS) is 16.3. The molecular weight excluding hydrogens is 408 g/mol. The molecule has 0 bridgehead atoms. The number of piperidine rings is 1. The van der Waals surface area contributed by atoms with Gasteiger partial charge in [0.05, 0.1) is 23.2 Å². The van der Waals surface area contributed by atoms with E-state index in [1.807, 2.05) is 61.5 Å². The second kappa shape index (κ2) is 9.39. The highest BCUT2D eigenvalue weighted by atomic mass is 32.2. The predicted octanol–water partition coefficient (Wildman–Crippen LogP) is 4.19. The van der Waals surface area contributed by atoms with Crippen molar-refractivity contribution in [1.29, 1.82) is 0 Å². The number of benzene rings is 3. The van der Waals surface area contributed by atoms with Crippen molar-refractivity contribution in [2.24, 2.45) is 0 Å². The quantitative estimate of drug-likeness (QED) is 0.601. The average Bonchev–Trinajstić information content (AvgIpc) is 2.78. The molecule has 1 atom stereocenters. The lowest BCUT2D eigenvalue weighted by atomic mass is 10.1. The number of β-amino-alcohol motifs (C(OH)–C–C–N with tert-alkyl or cyclic N) is 1. The number of rotatable bonds is 7. The van der Waals surface area contributed by atoms with Gasteiger partial charge in [-0.05, 0) is 67.9 Å². The highest BCUT2D eigenvalue weighted by Crippen LogP contribution is 2.27. The summed E-state index contributed by atoms with van der Waals surface area (Å²) in [5.74, 6) is 0. The van der Waals surface area contributed by atoms with Crippen LogP contribution in [-0.2, 0) is 10.0 Å². The first-order valence-corrected chi connectivity index (χ1v) is 12.4. The highest BCUT2D eigenvalue weighted by molar-refractivity contribution is 7.92. The molecule has 3 aromatic carbocycles. The largest absolute Gasteiger partial charge is 0.390 e. The van der Waals surface area contributed by atoms with Crippen molar-refractivity contribution in [3.05, 3.63) is 72.3 Å². The lowest BCUT2D eigenvalue weighted by Gasteiger charge is -2.31. The summed E-state index contributed by atoms with van der Waals surface area (Å²) in [6, 6.07) is 20.3.